The lowest BCUT2D eigenvalue weighted by Crippen LogP contribution is -2.56. The second-order valence-corrected chi connectivity index (χ2v) is 6.11. The molecule has 1 fully saturated rings. The molecule has 120 valence electrons. The Hall–Kier alpha value is -1.72. The van der Waals surface area contributed by atoms with E-state index in [0.29, 0.717) is 25.3 Å². The van der Waals surface area contributed by atoms with Crippen LogP contribution in [0.4, 0.5) is 0 Å². The standard InChI is InChI=1S/C17H24N2O3/c1-13-4-6-14(7-5-13)15(20)16(21)18-12-17(19(2)3)8-10-22-11-9-17/h4-7H,8-12H2,1-3H3,(H,18,21). The lowest BCUT2D eigenvalue weighted by Gasteiger charge is -2.42. The van der Waals surface area contributed by atoms with Crippen LogP contribution in [0.1, 0.15) is 28.8 Å². The van der Waals surface area contributed by atoms with E-state index in [1.54, 1.807) is 12.1 Å². The molecule has 0 atom stereocenters. The first-order chi connectivity index (χ1) is 10.4. The van der Waals surface area contributed by atoms with E-state index in [4.69, 9.17) is 4.74 Å². The Morgan fingerprint density at radius 3 is 2.32 bits per heavy atom. The van der Waals surface area contributed by atoms with Gasteiger partial charge in [0.15, 0.2) is 0 Å². The second kappa shape index (κ2) is 7.03. The highest BCUT2D eigenvalue weighted by atomic mass is 16.5. The maximum atomic E-state index is 12.2. The number of benzene rings is 1. The Kier molecular flexibility index (Phi) is 5.32. The topological polar surface area (TPSA) is 58.6 Å². The molecular weight excluding hydrogens is 280 g/mol. The van der Waals surface area contributed by atoms with Crippen molar-refractivity contribution in [2.75, 3.05) is 33.9 Å². The van der Waals surface area contributed by atoms with Gasteiger partial charge in [-0.1, -0.05) is 29.8 Å². The van der Waals surface area contributed by atoms with Crippen LogP contribution < -0.4 is 5.32 Å². The highest BCUT2D eigenvalue weighted by Crippen LogP contribution is 2.25. The largest absolute Gasteiger partial charge is 0.381 e. The highest BCUT2D eigenvalue weighted by molar-refractivity contribution is 6.42. The molecule has 0 aliphatic carbocycles. The van der Waals surface area contributed by atoms with Crippen LogP contribution in [0, 0.1) is 6.92 Å². The molecule has 22 heavy (non-hydrogen) atoms. The maximum Gasteiger partial charge on any atom is 0.292 e. The number of nitrogens with one attached hydrogen (secondary N) is 1. The van der Waals surface area contributed by atoms with E-state index in [2.05, 4.69) is 10.2 Å². The lowest BCUT2D eigenvalue weighted by molar-refractivity contribution is -0.118. The van der Waals surface area contributed by atoms with Gasteiger partial charge in [-0.3, -0.25) is 9.59 Å². The van der Waals surface area contributed by atoms with Crippen molar-refractivity contribution in [1.29, 1.82) is 0 Å². The van der Waals surface area contributed by atoms with Gasteiger partial charge in [0.1, 0.15) is 0 Å². The number of carbonyl (C=O) groups is 2. The third-order valence-electron chi connectivity index (χ3n) is 4.47. The number of hydrogen-bond donors (Lipinski definition) is 1. The second-order valence-electron chi connectivity index (χ2n) is 6.11. The maximum absolute atomic E-state index is 12.2. The molecule has 0 aromatic heterocycles. The number of likely N-dealkylation sites (N-methyl/N-ethyl adjacent to an activating group) is 1. The zero-order valence-electron chi connectivity index (χ0n) is 13.5. The zero-order chi connectivity index (χ0) is 16.2. The molecule has 1 aromatic carbocycles. The molecule has 1 aliphatic rings. The van der Waals surface area contributed by atoms with E-state index in [9.17, 15) is 9.59 Å². The molecule has 1 aliphatic heterocycles. The molecule has 5 nitrogen and oxygen atoms in total. The van der Waals surface area contributed by atoms with Crippen LogP contribution in [0.25, 0.3) is 0 Å². The molecule has 1 amide bonds. The van der Waals surface area contributed by atoms with Crippen molar-refractivity contribution in [3.05, 3.63) is 35.4 Å². The van der Waals surface area contributed by atoms with Gasteiger partial charge in [-0.15, -0.1) is 0 Å². The van der Waals surface area contributed by atoms with Gasteiger partial charge in [-0.25, -0.2) is 0 Å². The van der Waals surface area contributed by atoms with E-state index in [0.717, 1.165) is 18.4 Å². The molecule has 1 aromatic rings. The van der Waals surface area contributed by atoms with E-state index in [-0.39, 0.29) is 5.54 Å². The number of nitrogens with zero attached hydrogens (tertiary/aromatic N) is 1. The van der Waals surface area contributed by atoms with Gasteiger partial charge in [0.25, 0.3) is 5.91 Å². The van der Waals surface area contributed by atoms with Gasteiger partial charge in [-0.05, 0) is 33.9 Å². The van der Waals surface area contributed by atoms with Crippen molar-refractivity contribution in [2.45, 2.75) is 25.3 Å². The number of hydrogen-bond acceptors (Lipinski definition) is 4. The molecule has 0 radical (unpaired) electrons. The molecule has 2 rings (SSSR count). The summed E-state index contributed by atoms with van der Waals surface area (Å²) in [4.78, 5) is 26.4. The molecule has 1 heterocycles. The smallest absolute Gasteiger partial charge is 0.292 e. The molecule has 1 saturated heterocycles. The monoisotopic (exact) mass is 304 g/mol. The normalized spacial score (nSPS) is 17.3. The Bertz CT molecular complexity index is 531. The highest BCUT2D eigenvalue weighted by Gasteiger charge is 2.35. The molecule has 0 unspecified atom stereocenters. The number of carbonyl (C=O) groups excluding carboxylic acids is 2. The van der Waals surface area contributed by atoms with Gasteiger partial charge >= 0.3 is 0 Å². The summed E-state index contributed by atoms with van der Waals surface area (Å²) in [6.07, 6.45) is 1.69. The SMILES string of the molecule is Cc1ccc(C(=O)C(=O)NCC2(N(C)C)CCOCC2)cc1. The molecule has 0 saturated carbocycles. The van der Waals surface area contributed by atoms with Gasteiger partial charge in [0.2, 0.25) is 5.78 Å². The molecule has 0 bridgehead atoms. The van der Waals surface area contributed by atoms with E-state index >= 15 is 0 Å². The zero-order valence-corrected chi connectivity index (χ0v) is 13.5. The van der Waals surface area contributed by atoms with Crippen molar-refractivity contribution in [1.82, 2.24) is 10.2 Å². The van der Waals surface area contributed by atoms with Gasteiger partial charge < -0.3 is 15.0 Å². The first-order valence-electron chi connectivity index (χ1n) is 7.59. The molecule has 0 spiro atoms. The summed E-state index contributed by atoms with van der Waals surface area (Å²) in [7, 11) is 4.00. The minimum absolute atomic E-state index is 0.137. The first kappa shape index (κ1) is 16.6. The van der Waals surface area contributed by atoms with Crippen LogP contribution in [0.5, 0.6) is 0 Å². The number of ether oxygens (including phenoxy) is 1. The molecular formula is C17H24N2O3. The summed E-state index contributed by atoms with van der Waals surface area (Å²) in [5, 5.41) is 2.80. The van der Waals surface area contributed by atoms with E-state index < -0.39 is 11.7 Å². The molecule has 1 N–H and O–H groups in total. The average molecular weight is 304 g/mol. The number of rotatable bonds is 5. The van der Waals surface area contributed by atoms with E-state index in [1.807, 2.05) is 33.2 Å². The van der Waals surface area contributed by atoms with Crippen LogP contribution in [0.3, 0.4) is 0 Å². The van der Waals surface area contributed by atoms with Crippen LogP contribution in [0.2, 0.25) is 0 Å². The quantitative estimate of drug-likeness (QED) is 0.660. The van der Waals surface area contributed by atoms with Crippen molar-refractivity contribution in [3.63, 3.8) is 0 Å². The van der Waals surface area contributed by atoms with Crippen molar-refractivity contribution < 1.29 is 14.3 Å². The third kappa shape index (κ3) is 3.72. The Morgan fingerprint density at radius 2 is 1.77 bits per heavy atom. The summed E-state index contributed by atoms with van der Waals surface area (Å²) < 4.78 is 5.40. The minimum atomic E-state index is -0.545. The fourth-order valence-electron chi connectivity index (χ4n) is 2.69. The number of Topliss-reactive ketones (excluding diaryl/α,β-unsaturated/α-hetero) is 1. The summed E-state index contributed by atoms with van der Waals surface area (Å²) in [5.74, 6) is -1.03. The summed E-state index contributed by atoms with van der Waals surface area (Å²) >= 11 is 0. The fourth-order valence-corrected chi connectivity index (χ4v) is 2.69. The van der Waals surface area contributed by atoms with Crippen molar-refractivity contribution in [2.24, 2.45) is 0 Å². The fraction of sp³-hybridized carbons (Fsp3) is 0.529. The summed E-state index contributed by atoms with van der Waals surface area (Å²) in [6, 6.07) is 7.04. The van der Waals surface area contributed by atoms with Crippen LogP contribution >= 0.6 is 0 Å². The van der Waals surface area contributed by atoms with Gasteiger partial charge in [-0.2, -0.15) is 0 Å². The minimum Gasteiger partial charge on any atom is -0.381 e. The summed E-state index contributed by atoms with van der Waals surface area (Å²) in [5.41, 5.74) is 1.35. The Balaban J connectivity index is 1.99. The van der Waals surface area contributed by atoms with Gasteiger partial charge in [0, 0.05) is 30.9 Å². The Morgan fingerprint density at radius 1 is 1.18 bits per heavy atom. The molecule has 5 heteroatoms. The van der Waals surface area contributed by atoms with E-state index in [1.165, 1.54) is 0 Å². The predicted molar refractivity (Wildman–Crippen MR) is 85.0 cm³/mol. The van der Waals surface area contributed by atoms with Crippen LogP contribution in [-0.4, -0.2) is 56.0 Å². The van der Waals surface area contributed by atoms with Crippen LogP contribution in [-0.2, 0) is 9.53 Å². The lowest BCUT2D eigenvalue weighted by atomic mass is 9.88. The van der Waals surface area contributed by atoms with Crippen LogP contribution in [0.15, 0.2) is 24.3 Å². The first-order valence-corrected chi connectivity index (χ1v) is 7.59. The van der Waals surface area contributed by atoms with Gasteiger partial charge in [0.05, 0.1) is 0 Å². The number of amides is 1. The summed E-state index contributed by atoms with van der Waals surface area (Å²) in [6.45, 7) is 3.76. The van der Waals surface area contributed by atoms with Crippen molar-refractivity contribution >= 4 is 11.7 Å². The number of aryl methyl sites for hydroxylation is 1. The predicted octanol–water partition coefficient (Wildman–Crippen LogP) is 1.40. The third-order valence-corrected chi connectivity index (χ3v) is 4.47. The number of ketones is 1. The average Bonchev–Trinajstić information content (AvgIpc) is 2.53. The van der Waals surface area contributed by atoms with Crippen molar-refractivity contribution in [3.8, 4) is 0 Å². The Labute approximate surface area is 131 Å².